The second-order valence-electron chi connectivity index (χ2n) is 14.1. The van der Waals surface area contributed by atoms with E-state index in [1.165, 1.54) is 25.9 Å². The van der Waals surface area contributed by atoms with E-state index < -0.39 is 21.0 Å². The summed E-state index contributed by atoms with van der Waals surface area (Å²) in [6.07, 6.45) is 8.01. The lowest BCUT2D eigenvalue weighted by Gasteiger charge is -2.41. The molecule has 4 N–H and O–H groups in total. The molecule has 48 heavy (non-hydrogen) atoms. The lowest BCUT2D eigenvalue weighted by atomic mass is 9.78. The van der Waals surface area contributed by atoms with Crippen molar-refractivity contribution in [3.05, 3.63) is 64.2 Å². The van der Waals surface area contributed by atoms with Crippen molar-refractivity contribution < 1.29 is 9.59 Å². The Morgan fingerprint density at radius 2 is 1.60 bits per heavy atom. The molecular weight excluding hydrogens is 737 g/mol. The predicted octanol–water partition coefficient (Wildman–Crippen LogP) is 6.14. The number of hydrogen-bond donors (Lipinski definition) is 3. The fourth-order valence-electron chi connectivity index (χ4n) is 7.99. The zero-order valence-electron chi connectivity index (χ0n) is 28.4. The van der Waals surface area contributed by atoms with Crippen molar-refractivity contribution in [3.8, 4) is 0 Å². The molecule has 0 unspecified atom stereocenters. The Morgan fingerprint density at radius 1 is 0.979 bits per heavy atom. The molecule has 2 aromatic rings. The molecule has 3 saturated heterocycles. The Balaban J connectivity index is 1.10. The summed E-state index contributed by atoms with van der Waals surface area (Å²) in [5, 5.41) is 13.1. The first kappa shape index (κ1) is 35.1. The van der Waals surface area contributed by atoms with Crippen LogP contribution in [0.2, 0.25) is 5.02 Å². The molecule has 6 rings (SSSR count). The zero-order chi connectivity index (χ0) is 33.8. The van der Waals surface area contributed by atoms with E-state index in [0.29, 0.717) is 42.5 Å². The van der Waals surface area contributed by atoms with Gasteiger partial charge in [0.05, 0.1) is 20.2 Å². The van der Waals surface area contributed by atoms with Gasteiger partial charge in [0.1, 0.15) is 0 Å². The molecule has 0 bridgehead atoms. The van der Waals surface area contributed by atoms with Crippen molar-refractivity contribution >= 4 is 59.7 Å². The highest BCUT2D eigenvalue weighted by Crippen LogP contribution is 2.34. The molecule has 0 spiro atoms. The van der Waals surface area contributed by atoms with Crippen molar-refractivity contribution in [3.63, 3.8) is 0 Å². The third kappa shape index (κ3) is 8.18. The lowest BCUT2D eigenvalue weighted by Crippen LogP contribution is -2.48. The zero-order valence-corrected chi connectivity index (χ0v) is 31.3. The average molecular weight is 788 g/mol. The van der Waals surface area contributed by atoms with E-state index in [0.717, 1.165) is 77.4 Å². The number of amidine groups is 1. The molecule has 2 aromatic carbocycles. The van der Waals surface area contributed by atoms with Gasteiger partial charge in [0.2, 0.25) is 5.91 Å². The molecule has 4 aliphatic rings. The summed E-state index contributed by atoms with van der Waals surface area (Å²) in [6.45, 7) is 7.48. The Bertz CT molecular complexity index is 1500. The third-order valence-electron chi connectivity index (χ3n) is 11.0. The number of rotatable bonds is 9. The molecule has 4 aliphatic heterocycles. The van der Waals surface area contributed by atoms with E-state index in [1.807, 2.05) is 44.4 Å². The summed E-state index contributed by atoms with van der Waals surface area (Å²) in [4.78, 5) is 33.5. The first-order chi connectivity index (χ1) is 23.2. The Hall–Kier alpha value is -2.70. The molecule has 3 amide bonds. The molecule has 9 nitrogen and oxygen atoms in total. The minimum absolute atomic E-state index is 0.00635. The average Bonchev–Trinajstić information content (AvgIpc) is 3.51. The number of anilines is 1. The highest BCUT2D eigenvalue weighted by molar-refractivity contribution is 14.2. The maximum atomic E-state index is 13.9. The normalized spacial score (nSPS) is 21.1. The fraction of sp³-hybridized carbons (Fsp3) is 0.568. The molecule has 260 valence electrons. The number of nitrogens with two attached hydrogens (primary N) is 1. The van der Waals surface area contributed by atoms with Gasteiger partial charge < -0.3 is 25.8 Å². The molecule has 0 radical (unpaired) electrons. The summed E-state index contributed by atoms with van der Waals surface area (Å²) < 4.78 is 3.08. The van der Waals surface area contributed by atoms with Crippen LogP contribution in [0.3, 0.4) is 0 Å². The number of benzene rings is 2. The lowest BCUT2D eigenvalue weighted by molar-refractivity contribution is -0.133. The van der Waals surface area contributed by atoms with Gasteiger partial charge in [-0.15, -0.1) is 0 Å². The van der Waals surface area contributed by atoms with E-state index in [-0.39, 0.29) is 23.9 Å². The molecule has 1 atom stereocenters. The van der Waals surface area contributed by atoms with Gasteiger partial charge in [-0.3, -0.25) is 13.3 Å². The summed E-state index contributed by atoms with van der Waals surface area (Å²) in [5.41, 5.74) is 10.0. The number of carbonyl (C=O) groups excluding carboxylic acids is 2. The summed E-state index contributed by atoms with van der Waals surface area (Å²) in [5.74, 6) is 1.96. The van der Waals surface area contributed by atoms with Crippen LogP contribution in [-0.4, -0.2) is 91.6 Å². The topological polar surface area (TPSA) is 109 Å². The van der Waals surface area contributed by atoms with Crippen molar-refractivity contribution in [1.29, 1.82) is 5.41 Å². The van der Waals surface area contributed by atoms with Gasteiger partial charge in [-0.25, -0.2) is 4.79 Å². The van der Waals surface area contributed by atoms with Crippen LogP contribution in [-0.2, 0) is 17.6 Å². The first-order valence-electron chi connectivity index (χ1n) is 17.7. The van der Waals surface area contributed by atoms with Crippen LogP contribution in [0.25, 0.3) is 0 Å². The fourth-order valence-corrected chi connectivity index (χ4v) is 11.0. The number of nitrogen functional groups attached to an aromatic ring is 1. The molecule has 0 saturated carbocycles. The van der Waals surface area contributed by atoms with Crippen LogP contribution in [0, 0.1) is 23.2 Å². The van der Waals surface area contributed by atoms with Crippen molar-refractivity contribution in [2.75, 3.05) is 52.0 Å². The van der Waals surface area contributed by atoms with Gasteiger partial charge in [-0.05, 0) is 101 Å². The van der Waals surface area contributed by atoms with Crippen LogP contribution in [0.4, 0.5) is 10.5 Å². The summed E-state index contributed by atoms with van der Waals surface area (Å²) in [7, 11) is 2.22. The minimum atomic E-state index is -0.614. The second-order valence-corrected chi connectivity index (χ2v) is 17.1. The maximum absolute atomic E-state index is 13.9. The molecule has 4 heterocycles. The van der Waals surface area contributed by atoms with E-state index in [2.05, 4.69) is 35.2 Å². The number of likely N-dealkylation sites (tertiary alicyclic amines) is 3. The summed E-state index contributed by atoms with van der Waals surface area (Å²) in [6, 6.07) is 14.3. The van der Waals surface area contributed by atoms with Gasteiger partial charge in [-0.2, -0.15) is 0 Å². The Kier molecular flexibility index (Phi) is 11.6. The van der Waals surface area contributed by atoms with Gasteiger partial charge >= 0.3 is 6.03 Å². The minimum Gasteiger partial charge on any atom is -0.397 e. The first-order valence-corrected chi connectivity index (χ1v) is 20.2. The van der Waals surface area contributed by atoms with Gasteiger partial charge in [-0.1, -0.05) is 54.9 Å². The quantitative estimate of drug-likeness (QED) is 0.0931. The van der Waals surface area contributed by atoms with Gasteiger partial charge in [0.15, 0.2) is 0 Å². The van der Waals surface area contributed by atoms with Crippen molar-refractivity contribution in [2.45, 2.75) is 70.8 Å². The number of amides is 3. The number of nitrogens with zero attached hydrogens (tertiary/aromatic N) is 4. The van der Waals surface area contributed by atoms with Crippen LogP contribution >= 0.6 is 32.6 Å². The molecule has 0 aliphatic carbocycles. The number of halogens is 2. The van der Waals surface area contributed by atoms with Crippen LogP contribution in [0.15, 0.2) is 42.5 Å². The van der Waals surface area contributed by atoms with Gasteiger partial charge in [0.25, 0.3) is 0 Å². The summed E-state index contributed by atoms with van der Waals surface area (Å²) >= 11 is 5.94. The molecular formula is C37H51ClIN7O2. The van der Waals surface area contributed by atoms with Crippen molar-refractivity contribution in [2.24, 2.45) is 17.8 Å². The second kappa shape index (κ2) is 15.9. The van der Waals surface area contributed by atoms with Crippen LogP contribution in [0.1, 0.15) is 68.6 Å². The third-order valence-corrected chi connectivity index (χ3v) is 14.4. The molecule has 3 fully saturated rings. The van der Waals surface area contributed by atoms with Crippen LogP contribution in [0.5, 0.6) is 0 Å². The van der Waals surface area contributed by atoms with Gasteiger partial charge in [0, 0.05) is 71.1 Å². The number of piperidine rings is 3. The number of urea groups is 1. The smallest absolute Gasteiger partial charge is 0.330 e. The standard InChI is InChI=1S/C37H51ClIN7O2/c1-3-26-21-25(23-32(38)34(26)40)22-30(36(41)45-17-11-28(12-18-45)27-9-15-43(2)16-10-27)24-33(47)44-19-13-31(14-20-44)46-37(48)42-35(39-46)29-7-5-4-6-8-29/h4-8,21,23,27-28,30-31,41H,3,9-20,22,24,40H2,1-2H3,(H,42,48)/t30-/m0/s1. The number of hydrogen-bond acceptors (Lipinski definition) is 5. The largest absolute Gasteiger partial charge is 0.397 e. The van der Waals surface area contributed by atoms with E-state index in [9.17, 15) is 15.0 Å². The maximum Gasteiger partial charge on any atom is 0.330 e. The predicted molar refractivity (Wildman–Crippen MR) is 204 cm³/mol. The van der Waals surface area contributed by atoms with E-state index in [4.69, 9.17) is 17.3 Å². The highest BCUT2D eigenvalue weighted by atomic mass is 127. The Labute approximate surface area is 301 Å². The number of nitrogens with one attached hydrogen (secondary N) is 2. The Morgan fingerprint density at radius 3 is 2.25 bits per heavy atom. The monoisotopic (exact) mass is 787 g/mol. The number of carbonyl (C=O) groups is 2. The SMILES string of the molecule is CCc1cc(C[C@@H](CC(=O)N2CCC(N3I=C(c4ccccc4)NC3=O)CC2)C(=N)N2CCC(C3CCN(C)CC3)CC2)cc(Cl)c1N. The van der Waals surface area contributed by atoms with Crippen molar-refractivity contribution in [1.82, 2.24) is 23.1 Å². The number of aryl methyl sites for hydroxylation is 1. The molecule has 11 heteroatoms. The van der Waals surface area contributed by atoms with E-state index in [1.54, 1.807) is 0 Å². The highest BCUT2D eigenvalue weighted by Gasteiger charge is 2.36. The molecule has 0 aromatic heterocycles. The van der Waals surface area contributed by atoms with Crippen LogP contribution < -0.4 is 11.1 Å². The van der Waals surface area contributed by atoms with E-state index >= 15 is 0 Å².